The van der Waals surface area contributed by atoms with Crippen molar-refractivity contribution in [2.24, 2.45) is 0 Å². The third-order valence-electron chi connectivity index (χ3n) is 3.57. The van der Waals surface area contributed by atoms with E-state index in [1.165, 1.54) is 4.90 Å². The highest BCUT2D eigenvalue weighted by molar-refractivity contribution is 5.78. The predicted molar refractivity (Wildman–Crippen MR) is 85.1 cm³/mol. The van der Waals surface area contributed by atoms with E-state index in [-0.39, 0.29) is 0 Å². The van der Waals surface area contributed by atoms with Gasteiger partial charge in [-0.3, -0.25) is 4.90 Å². The van der Waals surface area contributed by atoms with Crippen molar-refractivity contribution in [3.63, 3.8) is 0 Å². The molecule has 0 saturated heterocycles. The molecule has 5 nitrogen and oxygen atoms in total. The van der Waals surface area contributed by atoms with Crippen LogP contribution >= 0.6 is 0 Å². The molecule has 5 heteroatoms. The van der Waals surface area contributed by atoms with E-state index in [0.717, 1.165) is 17.6 Å². The molecule has 0 aliphatic rings. The van der Waals surface area contributed by atoms with Crippen molar-refractivity contribution in [2.75, 3.05) is 14.2 Å². The first-order valence-electron chi connectivity index (χ1n) is 7.13. The molecule has 1 rings (SSSR count). The van der Waals surface area contributed by atoms with E-state index in [2.05, 4.69) is 0 Å². The molecule has 1 amide bonds. The number of carbonyl (C=O) groups excluding carboxylic acids is 2. The van der Waals surface area contributed by atoms with Crippen LogP contribution in [0.1, 0.15) is 38.8 Å². The van der Waals surface area contributed by atoms with Crippen LogP contribution in [0.15, 0.2) is 18.2 Å². The van der Waals surface area contributed by atoms with Crippen molar-refractivity contribution in [1.82, 2.24) is 4.90 Å². The molecule has 122 valence electrons. The van der Waals surface area contributed by atoms with E-state index >= 15 is 0 Å². The van der Waals surface area contributed by atoms with Gasteiger partial charge in [-0.25, -0.2) is 4.79 Å². The first-order valence-corrected chi connectivity index (χ1v) is 7.13. The van der Waals surface area contributed by atoms with Gasteiger partial charge < -0.3 is 14.3 Å². The topological polar surface area (TPSA) is 55.8 Å². The lowest BCUT2D eigenvalue weighted by molar-refractivity contribution is -0.117. The minimum atomic E-state index is -1.11. The van der Waals surface area contributed by atoms with E-state index in [9.17, 15) is 9.59 Å². The third-order valence-corrected chi connectivity index (χ3v) is 3.57. The number of hydrogen-bond acceptors (Lipinski definition) is 4. The summed E-state index contributed by atoms with van der Waals surface area (Å²) in [4.78, 5) is 25.3. The lowest BCUT2D eigenvalue weighted by atomic mass is 9.91. The van der Waals surface area contributed by atoms with Crippen LogP contribution in [-0.4, -0.2) is 37.0 Å². The van der Waals surface area contributed by atoms with Gasteiger partial charge in [-0.15, -0.1) is 0 Å². The molecule has 0 aromatic heterocycles. The second-order valence-electron chi connectivity index (χ2n) is 6.49. The predicted octanol–water partition coefficient (Wildman–Crippen LogP) is 3.28. The summed E-state index contributed by atoms with van der Waals surface area (Å²) in [5.41, 5.74) is -0.135. The summed E-state index contributed by atoms with van der Waals surface area (Å²) in [5.74, 6) is 0.733. The molecule has 0 aliphatic carbocycles. The van der Waals surface area contributed by atoms with Crippen LogP contribution in [0.2, 0.25) is 0 Å². The second kappa shape index (κ2) is 6.38. The molecule has 0 spiro atoms. The summed E-state index contributed by atoms with van der Waals surface area (Å²) in [7, 11) is 3.15. The van der Waals surface area contributed by atoms with Crippen molar-refractivity contribution in [3.05, 3.63) is 29.3 Å². The average Bonchev–Trinajstić information content (AvgIpc) is 2.43. The molecule has 0 fully saturated rings. The molecule has 0 bridgehead atoms. The number of amides is 1. The monoisotopic (exact) mass is 307 g/mol. The van der Waals surface area contributed by atoms with Gasteiger partial charge in [0.15, 0.2) is 0 Å². The molecule has 0 saturated carbocycles. The van der Waals surface area contributed by atoms with Crippen LogP contribution in [0.3, 0.4) is 0 Å². The molecule has 0 aliphatic heterocycles. The van der Waals surface area contributed by atoms with Crippen molar-refractivity contribution in [1.29, 1.82) is 0 Å². The Bertz CT molecular complexity index is 562. The van der Waals surface area contributed by atoms with Gasteiger partial charge in [-0.05, 0) is 57.9 Å². The number of likely N-dealkylation sites (N-methyl/N-ethyl adjacent to an activating group) is 1. The van der Waals surface area contributed by atoms with Crippen molar-refractivity contribution in [2.45, 2.75) is 45.8 Å². The van der Waals surface area contributed by atoms with Gasteiger partial charge in [0.05, 0.1) is 7.11 Å². The summed E-state index contributed by atoms with van der Waals surface area (Å²) in [6.07, 6.45) is 0.202. The maximum atomic E-state index is 12.3. The molecule has 0 N–H and O–H groups in total. The summed E-state index contributed by atoms with van der Waals surface area (Å²) < 4.78 is 10.6. The number of aryl methyl sites for hydroxylation is 1. The Morgan fingerprint density at radius 3 is 2.23 bits per heavy atom. The smallest absolute Gasteiger partial charge is 0.411 e. The number of carbonyl (C=O) groups is 2. The zero-order valence-corrected chi connectivity index (χ0v) is 14.4. The SMILES string of the molecule is COc1ccc(C(C)(C=O)N(C)C(=O)OC(C)(C)C)cc1C. The fourth-order valence-corrected chi connectivity index (χ4v) is 2.05. The van der Waals surface area contributed by atoms with Crippen LogP contribution in [0.25, 0.3) is 0 Å². The zero-order valence-electron chi connectivity index (χ0n) is 14.4. The molecule has 1 aromatic carbocycles. The molecule has 1 aromatic rings. The van der Waals surface area contributed by atoms with Crippen LogP contribution in [0.5, 0.6) is 5.75 Å². The van der Waals surface area contributed by atoms with Crippen LogP contribution in [0, 0.1) is 6.92 Å². The molecule has 1 atom stereocenters. The maximum Gasteiger partial charge on any atom is 0.411 e. The molecule has 22 heavy (non-hydrogen) atoms. The van der Waals surface area contributed by atoms with Gasteiger partial charge in [0, 0.05) is 7.05 Å². The number of rotatable bonds is 4. The minimum absolute atomic E-state index is 0.546. The van der Waals surface area contributed by atoms with Crippen molar-refractivity contribution >= 4 is 12.4 Å². The van der Waals surface area contributed by atoms with Gasteiger partial charge in [-0.2, -0.15) is 0 Å². The minimum Gasteiger partial charge on any atom is -0.496 e. The molecule has 0 radical (unpaired) electrons. The fourth-order valence-electron chi connectivity index (χ4n) is 2.05. The maximum absolute atomic E-state index is 12.3. The lowest BCUT2D eigenvalue weighted by Gasteiger charge is -2.36. The van der Waals surface area contributed by atoms with Gasteiger partial charge in [0.2, 0.25) is 0 Å². The summed E-state index contributed by atoms with van der Waals surface area (Å²) in [6, 6.07) is 5.41. The standard InChI is InChI=1S/C17H25NO4/c1-12-10-13(8-9-14(12)21-7)17(5,11-19)18(6)15(20)22-16(2,3)4/h8-11H,1-7H3. The number of benzene rings is 1. The highest BCUT2D eigenvalue weighted by Gasteiger charge is 2.37. The van der Waals surface area contributed by atoms with Crippen LogP contribution in [0.4, 0.5) is 4.79 Å². The Hall–Kier alpha value is -2.04. The van der Waals surface area contributed by atoms with E-state index in [0.29, 0.717) is 5.56 Å². The van der Waals surface area contributed by atoms with E-state index in [1.54, 1.807) is 54.0 Å². The highest BCUT2D eigenvalue weighted by atomic mass is 16.6. The Kier molecular flexibility index (Phi) is 5.22. The van der Waals surface area contributed by atoms with Crippen LogP contribution < -0.4 is 4.74 Å². The number of aldehydes is 1. The fraction of sp³-hybridized carbons (Fsp3) is 0.529. The van der Waals surface area contributed by atoms with Gasteiger partial charge >= 0.3 is 6.09 Å². The highest BCUT2D eigenvalue weighted by Crippen LogP contribution is 2.30. The lowest BCUT2D eigenvalue weighted by Crippen LogP contribution is -2.48. The molecular formula is C17H25NO4. The Labute approximate surface area is 132 Å². The van der Waals surface area contributed by atoms with Crippen molar-refractivity contribution < 1.29 is 19.1 Å². The number of ether oxygens (including phenoxy) is 2. The largest absolute Gasteiger partial charge is 0.496 e. The Morgan fingerprint density at radius 1 is 1.23 bits per heavy atom. The molecule has 1 unspecified atom stereocenters. The normalized spacial score (nSPS) is 14.0. The number of hydrogen-bond donors (Lipinski definition) is 0. The van der Waals surface area contributed by atoms with Gasteiger partial charge in [0.1, 0.15) is 23.2 Å². The van der Waals surface area contributed by atoms with Crippen LogP contribution in [-0.2, 0) is 15.1 Å². The quantitative estimate of drug-likeness (QED) is 0.801. The average molecular weight is 307 g/mol. The first kappa shape index (κ1) is 18.0. The first-order chi connectivity index (χ1) is 10.0. The molecular weight excluding hydrogens is 282 g/mol. The van der Waals surface area contributed by atoms with Crippen molar-refractivity contribution in [3.8, 4) is 5.75 Å². The summed E-state index contributed by atoms with van der Waals surface area (Å²) >= 11 is 0. The second-order valence-corrected chi connectivity index (χ2v) is 6.49. The zero-order chi connectivity index (χ0) is 17.1. The van der Waals surface area contributed by atoms with E-state index in [1.807, 2.05) is 13.0 Å². The summed E-state index contributed by atoms with van der Waals surface area (Å²) in [5, 5.41) is 0. The van der Waals surface area contributed by atoms with Gasteiger partial charge in [0.25, 0.3) is 0 Å². The van der Waals surface area contributed by atoms with E-state index < -0.39 is 17.2 Å². The number of nitrogens with zero attached hydrogens (tertiary/aromatic N) is 1. The van der Waals surface area contributed by atoms with Gasteiger partial charge in [-0.1, -0.05) is 6.07 Å². The number of methoxy groups -OCH3 is 1. The Morgan fingerprint density at radius 2 is 1.82 bits per heavy atom. The summed E-state index contributed by atoms with van der Waals surface area (Å²) in [6.45, 7) is 8.93. The Balaban J connectivity index is 3.17. The third kappa shape index (κ3) is 3.78. The van der Waals surface area contributed by atoms with E-state index in [4.69, 9.17) is 9.47 Å². The molecule has 0 heterocycles.